The lowest BCUT2D eigenvalue weighted by Crippen LogP contribution is -2.30. The first-order chi connectivity index (χ1) is 17.9. The molecule has 0 unspecified atom stereocenters. The zero-order chi connectivity index (χ0) is 26.4. The van der Waals surface area contributed by atoms with Crippen molar-refractivity contribution in [1.29, 1.82) is 0 Å². The Balaban J connectivity index is 1.42. The van der Waals surface area contributed by atoms with E-state index in [0.717, 1.165) is 21.7 Å². The van der Waals surface area contributed by atoms with E-state index in [0.29, 0.717) is 17.1 Å². The second-order valence-electron chi connectivity index (χ2n) is 8.85. The maximum absolute atomic E-state index is 12.8. The van der Waals surface area contributed by atoms with Crippen LogP contribution in [0.1, 0.15) is 36.5 Å². The average molecular weight is 500 g/mol. The fourth-order valence-electron chi connectivity index (χ4n) is 3.98. The highest BCUT2D eigenvalue weighted by Gasteiger charge is 2.33. The van der Waals surface area contributed by atoms with Crippen LogP contribution in [0.15, 0.2) is 78.5 Å². The summed E-state index contributed by atoms with van der Waals surface area (Å²) in [5.41, 5.74) is 3.45. The van der Waals surface area contributed by atoms with Crippen molar-refractivity contribution >= 4 is 29.6 Å². The molecule has 8 nitrogen and oxygen atoms in total. The van der Waals surface area contributed by atoms with E-state index in [4.69, 9.17) is 9.47 Å². The molecule has 190 valence electrons. The monoisotopic (exact) mass is 499 g/mol. The fourth-order valence-corrected chi connectivity index (χ4v) is 3.98. The Morgan fingerprint density at radius 3 is 2.46 bits per heavy atom. The van der Waals surface area contributed by atoms with Gasteiger partial charge in [0.25, 0.3) is 11.8 Å². The van der Waals surface area contributed by atoms with E-state index in [1.807, 2.05) is 54.6 Å². The molecule has 0 atom stereocenters. The third-order valence-electron chi connectivity index (χ3n) is 5.86. The summed E-state index contributed by atoms with van der Waals surface area (Å²) in [6.45, 7) is 4.11. The number of carbonyl (C=O) groups excluding carboxylic acids is 3. The number of ether oxygens (including phenoxy) is 2. The van der Waals surface area contributed by atoms with Crippen LogP contribution in [-0.2, 0) is 16.1 Å². The zero-order valence-corrected chi connectivity index (χ0v) is 21.0. The summed E-state index contributed by atoms with van der Waals surface area (Å²) in [6, 6.07) is 21.5. The lowest BCUT2D eigenvalue weighted by atomic mass is 10.0. The zero-order valence-electron chi connectivity index (χ0n) is 21.0. The number of hydrogen-bond acceptors (Lipinski definition) is 5. The maximum atomic E-state index is 12.8. The van der Waals surface area contributed by atoms with Gasteiger partial charge in [-0.15, -0.1) is 0 Å². The second-order valence-corrected chi connectivity index (χ2v) is 8.85. The number of benzene rings is 3. The van der Waals surface area contributed by atoms with Crippen LogP contribution in [0.2, 0.25) is 0 Å². The van der Waals surface area contributed by atoms with E-state index in [-0.39, 0.29) is 30.7 Å². The first-order valence-corrected chi connectivity index (χ1v) is 11.9. The molecule has 37 heavy (non-hydrogen) atoms. The second kappa shape index (κ2) is 11.4. The molecule has 1 fully saturated rings. The number of imide groups is 1. The van der Waals surface area contributed by atoms with Crippen LogP contribution in [0.4, 0.5) is 10.5 Å². The molecule has 1 aliphatic rings. The van der Waals surface area contributed by atoms with Crippen molar-refractivity contribution in [3.63, 3.8) is 0 Å². The normalized spacial score (nSPS) is 14.2. The number of rotatable bonds is 9. The third-order valence-corrected chi connectivity index (χ3v) is 5.86. The molecule has 4 rings (SSSR count). The summed E-state index contributed by atoms with van der Waals surface area (Å²) in [5, 5.41) is 5.52. The predicted octanol–water partition coefficient (Wildman–Crippen LogP) is 4.93. The number of methoxy groups -OCH3 is 1. The largest absolute Gasteiger partial charge is 0.493 e. The number of carbonyl (C=O) groups is 3. The highest BCUT2D eigenvalue weighted by atomic mass is 16.5. The number of nitrogens with zero attached hydrogens (tertiary/aromatic N) is 1. The average Bonchev–Trinajstić information content (AvgIpc) is 3.15. The van der Waals surface area contributed by atoms with Crippen LogP contribution in [0.3, 0.4) is 0 Å². The molecule has 0 bridgehead atoms. The topological polar surface area (TPSA) is 97.0 Å². The van der Waals surface area contributed by atoms with Gasteiger partial charge < -0.3 is 20.1 Å². The Hall–Kier alpha value is -4.59. The Morgan fingerprint density at radius 1 is 1.00 bits per heavy atom. The van der Waals surface area contributed by atoms with Gasteiger partial charge in [0, 0.05) is 5.69 Å². The van der Waals surface area contributed by atoms with Crippen molar-refractivity contribution in [2.24, 2.45) is 0 Å². The number of nitrogens with one attached hydrogen (secondary N) is 2. The Kier molecular flexibility index (Phi) is 7.88. The van der Waals surface area contributed by atoms with Gasteiger partial charge in [-0.2, -0.15) is 0 Å². The van der Waals surface area contributed by atoms with E-state index < -0.39 is 11.9 Å². The lowest BCUT2D eigenvalue weighted by molar-refractivity contribution is -0.123. The number of amides is 4. The first kappa shape index (κ1) is 25.5. The Labute approximate surface area is 215 Å². The molecule has 4 amide bonds. The number of para-hydroxylation sites is 1. The van der Waals surface area contributed by atoms with Crippen molar-refractivity contribution in [2.75, 3.05) is 19.0 Å². The highest BCUT2D eigenvalue weighted by molar-refractivity contribution is 6.13. The van der Waals surface area contributed by atoms with Gasteiger partial charge in [0.1, 0.15) is 5.70 Å². The van der Waals surface area contributed by atoms with E-state index in [1.54, 1.807) is 24.3 Å². The summed E-state index contributed by atoms with van der Waals surface area (Å²) >= 11 is 0. The Bertz CT molecular complexity index is 1330. The summed E-state index contributed by atoms with van der Waals surface area (Å²) in [4.78, 5) is 38.9. The van der Waals surface area contributed by atoms with Crippen molar-refractivity contribution in [1.82, 2.24) is 10.2 Å². The van der Waals surface area contributed by atoms with E-state index in [1.165, 1.54) is 7.11 Å². The molecule has 1 heterocycles. The lowest BCUT2D eigenvalue weighted by Gasteiger charge is -2.15. The van der Waals surface area contributed by atoms with Crippen LogP contribution < -0.4 is 20.1 Å². The van der Waals surface area contributed by atoms with Crippen LogP contribution in [0, 0.1) is 0 Å². The highest BCUT2D eigenvalue weighted by Crippen LogP contribution is 2.30. The molecular formula is C29H29N3O5. The van der Waals surface area contributed by atoms with Gasteiger partial charge in [-0.3, -0.25) is 14.5 Å². The van der Waals surface area contributed by atoms with Gasteiger partial charge >= 0.3 is 6.03 Å². The standard InChI is InChI=1S/C29H29N3O5/c1-19(2)22-11-7-8-12-23(22)30-27(33)18-37-25-14-13-21(16-26(25)36-3)15-24-28(34)32(29(35)31-24)17-20-9-5-4-6-10-20/h4-16,19H,17-18H2,1-3H3,(H,30,33)(H,31,35)/b24-15-. The van der Waals surface area contributed by atoms with Crippen molar-refractivity contribution in [3.05, 3.63) is 95.2 Å². The van der Waals surface area contributed by atoms with Gasteiger partial charge in [-0.1, -0.05) is 68.4 Å². The summed E-state index contributed by atoms with van der Waals surface area (Å²) in [5.74, 6) is 0.332. The minimum atomic E-state index is -0.475. The molecule has 0 saturated carbocycles. The van der Waals surface area contributed by atoms with Crippen LogP contribution in [-0.4, -0.2) is 36.5 Å². The first-order valence-electron chi connectivity index (χ1n) is 11.9. The minimum absolute atomic E-state index is 0.167. The summed E-state index contributed by atoms with van der Waals surface area (Å²) in [6.07, 6.45) is 1.58. The van der Waals surface area contributed by atoms with Gasteiger partial charge in [0.05, 0.1) is 13.7 Å². The molecule has 3 aromatic carbocycles. The smallest absolute Gasteiger partial charge is 0.329 e. The molecule has 0 aromatic heterocycles. The Morgan fingerprint density at radius 2 is 1.73 bits per heavy atom. The van der Waals surface area contributed by atoms with Crippen molar-refractivity contribution < 1.29 is 23.9 Å². The number of hydrogen-bond donors (Lipinski definition) is 2. The van der Waals surface area contributed by atoms with Gasteiger partial charge in [-0.05, 0) is 46.9 Å². The van der Waals surface area contributed by atoms with Gasteiger partial charge in [0.15, 0.2) is 18.1 Å². The van der Waals surface area contributed by atoms with Crippen LogP contribution >= 0.6 is 0 Å². The third kappa shape index (κ3) is 6.16. The van der Waals surface area contributed by atoms with Crippen LogP contribution in [0.5, 0.6) is 11.5 Å². The molecular weight excluding hydrogens is 470 g/mol. The SMILES string of the molecule is COc1cc(/C=C2\NC(=O)N(Cc3ccccc3)C2=O)ccc1OCC(=O)Nc1ccccc1C(C)C. The fraction of sp³-hybridized carbons (Fsp3) is 0.207. The molecule has 1 saturated heterocycles. The molecule has 3 aromatic rings. The minimum Gasteiger partial charge on any atom is -0.493 e. The van der Waals surface area contributed by atoms with Gasteiger partial charge in [0.2, 0.25) is 0 Å². The van der Waals surface area contributed by atoms with Crippen molar-refractivity contribution in [2.45, 2.75) is 26.3 Å². The van der Waals surface area contributed by atoms with E-state index in [9.17, 15) is 14.4 Å². The molecule has 1 aliphatic heterocycles. The van der Waals surface area contributed by atoms with E-state index >= 15 is 0 Å². The number of urea groups is 1. The molecule has 0 spiro atoms. The number of anilines is 1. The van der Waals surface area contributed by atoms with Crippen LogP contribution in [0.25, 0.3) is 6.08 Å². The summed E-state index contributed by atoms with van der Waals surface area (Å²) in [7, 11) is 1.49. The molecule has 2 N–H and O–H groups in total. The molecule has 0 aliphatic carbocycles. The quantitative estimate of drug-likeness (QED) is 0.322. The van der Waals surface area contributed by atoms with E-state index in [2.05, 4.69) is 24.5 Å². The maximum Gasteiger partial charge on any atom is 0.329 e. The molecule has 0 radical (unpaired) electrons. The van der Waals surface area contributed by atoms with Gasteiger partial charge in [-0.25, -0.2) is 4.79 Å². The predicted molar refractivity (Wildman–Crippen MR) is 141 cm³/mol. The molecule has 8 heteroatoms. The van der Waals surface area contributed by atoms with Crippen molar-refractivity contribution in [3.8, 4) is 11.5 Å². The summed E-state index contributed by atoms with van der Waals surface area (Å²) < 4.78 is 11.1.